The van der Waals surface area contributed by atoms with E-state index in [1.807, 2.05) is 18.2 Å². The summed E-state index contributed by atoms with van der Waals surface area (Å²) in [6, 6.07) is 8.17. The Hall–Kier alpha value is -1.92. The summed E-state index contributed by atoms with van der Waals surface area (Å²) >= 11 is 0. The zero-order valence-corrected chi connectivity index (χ0v) is 17.2. The van der Waals surface area contributed by atoms with Crippen LogP contribution < -0.4 is 20.4 Å². The second kappa shape index (κ2) is 10.4. The van der Waals surface area contributed by atoms with Gasteiger partial charge in [0.25, 0.3) is 11.8 Å². The van der Waals surface area contributed by atoms with E-state index in [-0.39, 0.29) is 17.9 Å². The maximum atomic E-state index is 12.4. The lowest BCUT2D eigenvalue weighted by Crippen LogP contribution is -3.28. The van der Waals surface area contributed by atoms with Gasteiger partial charge in [-0.1, -0.05) is 39.0 Å². The van der Waals surface area contributed by atoms with Crippen molar-refractivity contribution in [3.63, 3.8) is 0 Å². The zero-order chi connectivity index (χ0) is 19.8. The summed E-state index contributed by atoms with van der Waals surface area (Å²) < 4.78 is 0. The topological polar surface area (TPSA) is 67.1 Å². The molecule has 0 aliphatic carbocycles. The Balaban J connectivity index is 1.72. The molecule has 0 spiro atoms. The minimum Gasteiger partial charge on any atom is -0.348 e. The number of hydrogen-bond acceptors (Lipinski definition) is 2. The van der Waals surface area contributed by atoms with Crippen molar-refractivity contribution in [2.75, 3.05) is 44.6 Å². The van der Waals surface area contributed by atoms with E-state index in [0.717, 1.165) is 43.9 Å². The van der Waals surface area contributed by atoms with Gasteiger partial charge in [0, 0.05) is 11.7 Å². The number of para-hydroxylation sites is 1. The molecule has 6 nitrogen and oxygen atoms in total. The molecule has 4 N–H and O–H groups in total. The first-order valence-corrected chi connectivity index (χ1v) is 10.2. The molecule has 1 aliphatic heterocycles. The number of piperazine rings is 1. The molecule has 27 heavy (non-hydrogen) atoms. The van der Waals surface area contributed by atoms with Crippen molar-refractivity contribution in [1.82, 2.24) is 5.32 Å². The number of rotatable bonds is 8. The summed E-state index contributed by atoms with van der Waals surface area (Å²) in [5, 5.41) is 6.13. The number of hydrogen-bond donors (Lipinski definition) is 4. The van der Waals surface area contributed by atoms with Gasteiger partial charge in [-0.05, 0) is 30.9 Å². The highest BCUT2D eigenvalue weighted by Crippen LogP contribution is 2.14. The third kappa shape index (κ3) is 6.96. The molecule has 150 valence electrons. The quantitative estimate of drug-likeness (QED) is 0.477. The van der Waals surface area contributed by atoms with Crippen molar-refractivity contribution >= 4 is 17.5 Å². The average molecular weight is 377 g/mol. The molecule has 0 bridgehead atoms. The molecule has 0 radical (unpaired) electrons. The van der Waals surface area contributed by atoms with E-state index in [2.05, 4.69) is 44.4 Å². The standard InChI is InChI=1S/C21H34N4O2/c1-5-18-8-6-7-9-19(18)23-21(27)15-25-12-10-24(11-13-25)14-20(26)22-17(4)16(2)3/h6-9,16-17H,5,10-15H2,1-4H3,(H,22,26)(H,23,27)/p+2/t17-/m1/s1. The van der Waals surface area contributed by atoms with Gasteiger partial charge in [0.1, 0.15) is 26.2 Å². The summed E-state index contributed by atoms with van der Waals surface area (Å²) in [7, 11) is 0. The van der Waals surface area contributed by atoms with Gasteiger partial charge in [-0.3, -0.25) is 9.59 Å². The van der Waals surface area contributed by atoms with E-state index >= 15 is 0 Å². The number of quaternary nitrogens is 2. The van der Waals surface area contributed by atoms with Crippen molar-refractivity contribution in [2.45, 2.75) is 40.2 Å². The van der Waals surface area contributed by atoms with Gasteiger partial charge in [-0.25, -0.2) is 0 Å². The second-order valence-electron chi connectivity index (χ2n) is 8.01. The number of carbonyl (C=O) groups is 2. The first kappa shape index (κ1) is 21.4. The second-order valence-corrected chi connectivity index (χ2v) is 8.01. The summed E-state index contributed by atoms with van der Waals surface area (Å²) in [4.78, 5) is 27.1. The van der Waals surface area contributed by atoms with Gasteiger partial charge in [0.2, 0.25) is 0 Å². The monoisotopic (exact) mass is 376 g/mol. The molecule has 0 saturated carbocycles. The zero-order valence-electron chi connectivity index (χ0n) is 17.2. The lowest BCUT2D eigenvalue weighted by Gasteiger charge is -2.29. The van der Waals surface area contributed by atoms with Crippen LogP contribution in [0.2, 0.25) is 0 Å². The summed E-state index contributed by atoms with van der Waals surface area (Å²) in [6.07, 6.45) is 0.906. The normalized spacial score (nSPS) is 20.9. The maximum Gasteiger partial charge on any atom is 0.279 e. The Morgan fingerprint density at radius 3 is 2.07 bits per heavy atom. The molecule has 0 unspecified atom stereocenters. The summed E-state index contributed by atoms with van der Waals surface area (Å²) in [5.41, 5.74) is 2.08. The number of carbonyl (C=O) groups excluding carboxylic acids is 2. The Morgan fingerprint density at radius 1 is 0.963 bits per heavy atom. The van der Waals surface area contributed by atoms with Crippen LogP contribution in [0.1, 0.15) is 33.3 Å². The molecule has 2 rings (SSSR count). The van der Waals surface area contributed by atoms with Crippen molar-refractivity contribution in [3.8, 4) is 0 Å². The predicted molar refractivity (Wildman–Crippen MR) is 108 cm³/mol. The third-order valence-electron chi connectivity index (χ3n) is 5.55. The van der Waals surface area contributed by atoms with Gasteiger partial charge in [-0.15, -0.1) is 0 Å². The Bertz CT molecular complexity index is 624. The van der Waals surface area contributed by atoms with Crippen molar-refractivity contribution < 1.29 is 19.4 Å². The largest absolute Gasteiger partial charge is 0.348 e. The summed E-state index contributed by atoms with van der Waals surface area (Å²) in [6.45, 7) is 13.1. The lowest BCUT2D eigenvalue weighted by molar-refractivity contribution is -1.00. The van der Waals surface area contributed by atoms with E-state index < -0.39 is 0 Å². The minimum absolute atomic E-state index is 0.0675. The van der Waals surface area contributed by atoms with Crippen LogP contribution in [0.5, 0.6) is 0 Å². The smallest absolute Gasteiger partial charge is 0.279 e. The minimum atomic E-state index is 0.0675. The molecule has 1 heterocycles. The molecule has 1 aromatic rings. The number of aryl methyl sites for hydroxylation is 1. The third-order valence-corrected chi connectivity index (χ3v) is 5.55. The highest BCUT2D eigenvalue weighted by atomic mass is 16.2. The van der Waals surface area contributed by atoms with Crippen LogP contribution in [-0.4, -0.2) is 57.1 Å². The first-order chi connectivity index (χ1) is 12.9. The number of anilines is 1. The lowest BCUT2D eigenvalue weighted by atomic mass is 10.1. The number of amides is 2. The fourth-order valence-corrected chi connectivity index (χ4v) is 3.38. The molecule has 1 atom stereocenters. The van der Waals surface area contributed by atoms with E-state index in [4.69, 9.17) is 0 Å². The van der Waals surface area contributed by atoms with E-state index in [1.165, 1.54) is 9.80 Å². The molecule has 1 saturated heterocycles. The molecule has 6 heteroatoms. The van der Waals surface area contributed by atoms with E-state index in [9.17, 15) is 9.59 Å². The first-order valence-electron chi connectivity index (χ1n) is 10.2. The fourth-order valence-electron chi connectivity index (χ4n) is 3.38. The van der Waals surface area contributed by atoms with Crippen molar-refractivity contribution in [2.24, 2.45) is 5.92 Å². The van der Waals surface area contributed by atoms with E-state index in [1.54, 1.807) is 0 Å². The Labute approximate surface area is 163 Å². The maximum absolute atomic E-state index is 12.4. The summed E-state index contributed by atoms with van der Waals surface area (Å²) in [5.74, 6) is 0.642. The SMILES string of the molecule is CCc1ccccc1NC(=O)C[NH+]1CC[NH+](CC(=O)N[C@H](C)C(C)C)CC1. The van der Waals surface area contributed by atoms with Crippen molar-refractivity contribution in [1.29, 1.82) is 0 Å². The van der Waals surface area contributed by atoms with Gasteiger partial charge in [0.05, 0.1) is 0 Å². The van der Waals surface area contributed by atoms with Gasteiger partial charge in [0.15, 0.2) is 13.1 Å². The van der Waals surface area contributed by atoms with Gasteiger partial charge < -0.3 is 20.4 Å². The molecule has 2 amide bonds. The van der Waals surface area contributed by atoms with Crippen LogP contribution in [0.15, 0.2) is 24.3 Å². The molecular formula is C21H36N4O2+2. The van der Waals surface area contributed by atoms with Crippen LogP contribution in [-0.2, 0) is 16.0 Å². The van der Waals surface area contributed by atoms with Crippen LogP contribution in [0.3, 0.4) is 0 Å². The molecule has 1 fully saturated rings. The number of nitrogens with one attached hydrogen (secondary N) is 4. The number of benzene rings is 1. The molecule has 1 aliphatic rings. The molecule has 1 aromatic carbocycles. The molecule has 0 aromatic heterocycles. The predicted octanol–water partition coefficient (Wildman–Crippen LogP) is -0.868. The molecular weight excluding hydrogens is 340 g/mol. The van der Waals surface area contributed by atoms with Gasteiger partial charge >= 0.3 is 0 Å². The van der Waals surface area contributed by atoms with E-state index in [0.29, 0.717) is 19.0 Å². The highest BCUT2D eigenvalue weighted by molar-refractivity contribution is 5.92. The highest BCUT2D eigenvalue weighted by Gasteiger charge is 2.27. The average Bonchev–Trinajstić information content (AvgIpc) is 2.63. The van der Waals surface area contributed by atoms with Crippen LogP contribution in [0.25, 0.3) is 0 Å². The van der Waals surface area contributed by atoms with Crippen LogP contribution >= 0.6 is 0 Å². The fraction of sp³-hybridized carbons (Fsp3) is 0.619. The van der Waals surface area contributed by atoms with Crippen LogP contribution in [0, 0.1) is 5.92 Å². The Morgan fingerprint density at radius 2 is 1.52 bits per heavy atom. The Kier molecular flexibility index (Phi) is 8.25. The van der Waals surface area contributed by atoms with Gasteiger partial charge in [-0.2, -0.15) is 0 Å². The van der Waals surface area contributed by atoms with Crippen molar-refractivity contribution in [3.05, 3.63) is 29.8 Å². The van der Waals surface area contributed by atoms with Crippen LogP contribution in [0.4, 0.5) is 5.69 Å².